The summed E-state index contributed by atoms with van der Waals surface area (Å²) in [5.41, 5.74) is 7.21. The zero-order chi connectivity index (χ0) is 14.1. The molecule has 1 amide bonds. The van der Waals surface area contributed by atoms with Gasteiger partial charge in [-0.1, -0.05) is 30.9 Å². The zero-order valence-electron chi connectivity index (χ0n) is 11.0. The Labute approximate surface area is 114 Å². The molecule has 0 radical (unpaired) electrons. The van der Waals surface area contributed by atoms with Crippen molar-refractivity contribution < 1.29 is 9.53 Å². The summed E-state index contributed by atoms with van der Waals surface area (Å²) in [6, 6.07) is 5.91. The summed E-state index contributed by atoms with van der Waals surface area (Å²) in [5.74, 6) is 0.468. The van der Waals surface area contributed by atoms with Crippen LogP contribution in [0.2, 0.25) is 0 Å². The molecule has 4 heteroatoms. The van der Waals surface area contributed by atoms with E-state index in [1.807, 2.05) is 24.3 Å². The van der Waals surface area contributed by atoms with Gasteiger partial charge in [0.15, 0.2) is 0 Å². The van der Waals surface area contributed by atoms with E-state index in [1.54, 1.807) is 6.08 Å². The molecule has 0 heterocycles. The Balaban J connectivity index is 2.73. The summed E-state index contributed by atoms with van der Waals surface area (Å²) >= 11 is 0. The Bertz CT molecular complexity index is 455. The number of nitrogens with one attached hydrogen (secondary N) is 1. The first-order chi connectivity index (χ1) is 9.17. The molecule has 1 aromatic carbocycles. The van der Waals surface area contributed by atoms with Gasteiger partial charge < -0.3 is 15.8 Å². The maximum absolute atomic E-state index is 10.6. The van der Waals surface area contributed by atoms with Gasteiger partial charge in [0.05, 0.1) is 6.54 Å². The fraction of sp³-hybridized carbons (Fsp3) is 0.267. The van der Waals surface area contributed by atoms with Crippen molar-refractivity contribution in [3.63, 3.8) is 0 Å². The topological polar surface area (TPSA) is 64.3 Å². The maximum Gasteiger partial charge on any atom is 0.231 e. The average Bonchev–Trinajstić information content (AvgIpc) is 2.38. The Morgan fingerprint density at radius 2 is 2.16 bits per heavy atom. The van der Waals surface area contributed by atoms with Gasteiger partial charge in [-0.3, -0.25) is 4.79 Å². The fourth-order valence-electron chi connectivity index (χ4n) is 1.68. The number of ether oxygens (including phenoxy) is 1. The highest BCUT2D eigenvalue weighted by atomic mass is 16.5. The minimum absolute atomic E-state index is 0.172. The molecule has 1 rings (SSSR count). The SMILES string of the molecule is C=CCOc1ccc(CNCC(N)=O)cc1CC=C. The van der Waals surface area contributed by atoms with Crippen molar-refractivity contribution in [3.05, 3.63) is 54.6 Å². The molecular formula is C15H20N2O2. The second-order valence-electron chi connectivity index (χ2n) is 4.10. The summed E-state index contributed by atoms with van der Waals surface area (Å²) < 4.78 is 5.58. The van der Waals surface area contributed by atoms with Crippen LogP contribution in [-0.4, -0.2) is 19.1 Å². The molecule has 0 aliphatic rings. The molecule has 0 bridgehead atoms. The Kier molecular flexibility index (Phi) is 6.39. The summed E-state index contributed by atoms with van der Waals surface area (Å²) in [4.78, 5) is 10.6. The zero-order valence-corrected chi connectivity index (χ0v) is 11.0. The molecule has 19 heavy (non-hydrogen) atoms. The maximum atomic E-state index is 10.6. The third-order valence-electron chi connectivity index (χ3n) is 2.47. The van der Waals surface area contributed by atoms with Gasteiger partial charge in [-0.25, -0.2) is 0 Å². The number of amides is 1. The first-order valence-electron chi connectivity index (χ1n) is 6.12. The highest BCUT2D eigenvalue weighted by molar-refractivity contribution is 5.75. The first-order valence-corrected chi connectivity index (χ1v) is 6.12. The van der Waals surface area contributed by atoms with E-state index in [4.69, 9.17) is 10.5 Å². The van der Waals surface area contributed by atoms with E-state index >= 15 is 0 Å². The van der Waals surface area contributed by atoms with Crippen molar-refractivity contribution in [3.8, 4) is 5.75 Å². The van der Waals surface area contributed by atoms with Crippen LogP contribution in [0.15, 0.2) is 43.5 Å². The highest BCUT2D eigenvalue weighted by Crippen LogP contribution is 2.21. The molecule has 0 saturated carbocycles. The van der Waals surface area contributed by atoms with E-state index in [-0.39, 0.29) is 12.5 Å². The van der Waals surface area contributed by atoms with Crippen molar-refractivity contribution in [2.75, 3.05) is 13.2 Å². The second-order valence-corrected chi connectivity index (χ2v) is 4.10. The lowest BCUT2D eigenvalue weighted by Gasteiger charge is -2.11. The molecule has 0 aliphatic heterocycles. The minimum atomic E-state index is -0.364. The lowest BCUT2D eigenvalue weighted by atomic mass is 10.1. The van der Waals surface area contributed by atoms with E-state index in [0.29, 0.717) is 13.2 Å². The van der Waals surface area contributed by atoms with Crippen LogP contribution >= 0.6 is 0 Å². The normalized spacial score (nSPS) is 9.89. The van der Waals surface area contributed by atoms with Crippen LogP contribution in [-0.2, 0) is 17.8 Å². The number of carbonyl (C=O) groups is 1. The smallest absolute Gasteiger partial charge is 0.231 e. The van der Waals surface area contributed by atoms with E-state index in [0.717, 1.165) is 23.3 Å². The van der Waals surface area contributed by atoms with Crippen LogP contribution in [0, 0.1) is 0 Å². The van der Waals surface area contributed by atoms with Gasteiger partial charge in [-0.2, -0.15) is 0 Å². The van der Waals surface area contributed by atoms with Crippen molar-refractivity contribution >= 4 is 5.91 Å². The number of carbonyl (C=O) groups excluding carboxylic acids is 1. The fourth-order valence-corrected chi connectivity index (χ4v) is 1.68. The van der Waals surface area contributed by atoms with E-state index < -0.39 is 0 Å². The van der Waals surface area contributed by atoms with Crippen LogP contribution in [0.3, 0.4) is 0 Å². The van der Waals surface area contributed by atoms with E-state index in [2.05, 4.69) is 18.5 Å². The predicted molar refractivity (Wildman–Crippen MR) is 76.9 cm³/mol. The second kappa shape index (κ2) is 8.11. The number of benzene rings is 1. The monoisotopic (exact) mass is 260 g/mol. The Morgan fingerprint density at radius 3 is 2.79 bits per heavy atom. The van der Waals surface area contributed by atoms with Gasteiger partial charge in [-0.15, -0.1) is 6.58 Å². The van der Waals surface area contributed by atoms with Gasteiger partial charge in [0.25, 0.3) is 0 Å². The number of hydrogen-bond donors (Lipinski definition) is 2. The van der Waals surface area contributed by atoms with Gasteiger partial charge in [0, 0.05) is 6.54 Å². The average molecular weight is 260 g/mol. The summed E-state index contributed by atoms with van der Waals surface area (Å²) in [6.07, 6.45) is 4.27. The van der Waals surface area contributed by atoms with Crippen LogP contribution in [0.4, 0.5) is 0 Å². The van der Waals surface area contributed by atoms with Crippen LogP contribution in [0.25, 0.3) is 0 Å². The van der Waals surface area contributed by atoms with Gasteiger partial charge >= 0.3 is 0 Å². The van der Waals surface area contributed by atoms with Gasteiger partial charge in [0.1, 0.15) is 12.4 Å². The molecule has 0 spiro atoms. The Morgan fingerprint density at radius 1 is 1.37 bits per heavy atom. The molecule has 0 aliphatic carbocycles. The van der Waals surface area contributed by atoms with Crippen molar-refractivity contribution in [2.45, 2.75) is 13.0 Å². The summed E-state index contributed by atoms with van der Waals surface area (Å²) in [7, 11) is 0. The van der Waals surface area contributed by atoms with Crippen molar-refractivity contribution in [1.82, 2.24) is 5.32 Å². The lowest BCUT2D eigenvalue weighted by molar-refractivity contribution is -0.117. The largest absolute Gasteiger partial charge is 0.489 e. The van der Waals surface area contributed by atoms with Crippen LogP contribution < -0.4 is 15.8 Å². The molecule has 1 aromatic rings. The first kappa shape index (κ1) is 15.0. The van der Waals surface area contributed by atoms with Crippen molar-refractivity contribution in [2.24, 2.45) is 5.73 Å². The van der Waals surface area contributed by atoms with Crippen molar-refractivity contribution in [1.29, 1.82) is 0 Å². The Hall–Kier alpha value is -2.07. The van der Waals surface area contributed by atoms with Crippen LogP contribution in [0.5, 0.6) is 5.75 Å². The molecule has 0 aromatic heterocycles. The number of allylic oxidation sites excluding steroid dienone is 1. The van der Waals surface area contributed by atoms with E-state index in [9.17, 15) is 4.79 Å². The third-order valence-corrected chi connectivity index (χ3v) is 2.47. The number of rotatable bonds is 9. The highest BCUT2D eigenvalue weighted by Gasteiger charge is 2.04. The molecular weight excluding hydrogens is 240 g/mol. The molecule has 3 N–H and O–H groups in total. The molecule has 4 nitrogen and oxygen atoms in total. The molecule has 0 fully saturated rings. The molecule has 102 valence electrons. The number of nitrogens with two attached hydrogens (primary N) is 1. The minimum Gasteiger partial charge on any atom is -0.489 e. The molecule has 0 atom stereocenters. The lowest BCUT2D eigenvalue weighted by Crippen LogP contribution is -2.28. The third kappa shape index (κ3) is 5.40. The quantitative estimate of drug-likeness (QED) is 0.662. The standard InChI is InChI=1S/C15H20N2O2/c1-3-5-13-9-12(10-17-11-15(16)18)6-7-14(13)19-8-4-2/h3-4,6-7,9,17H,1-2,5,8,10-11H2,(H2,16,18). The predicted octanol–water partition coefficient (Wildman–Crippen LogP) is 1.55. The van der Waals surface area contributed by atoms with E-state index in [1.165, 1.54) is 0 Å². The number of hydrogen-bond acceptors (Lipinski definition) is 3. The molecule has 0 unspecified atom stereocenters. The number of primary amides is 1. The van der Waals surface area contributed by atoms with Crippen LogP contribution in [0.1, 0.15) is 11.1 Å². The molecule has 0 saturated heterocycles. The van der Waals surface area contributed by atoms with Gasteiger partial charge in [-0.05, 0) is 23.6 Å². The summed E-state index contributed by atoms with van der Waals surface area (Å²) in [6.45, 7) is 8.61. The van der Waals surface area contributed by atoms with Gasteiger partial charge in [0.2, 0.25) is 5.91 Å². The summed E-state index contributed by atoms with van der Waals surface area (Å²) in [5, 5.41) is 2.98.